The lowest BCUT2D eigenvalue weighted by atomic mass is 9.89. The van der Waals surface area contributed by atoms with Crippen LogP contribution in [0, 0.1) is 9.49 Å². The summed E-state index contributed by atoms with van der Waals surface area (Å²) in [6.45, 7) is 2.02. The Hall–Kier alpha value is -1.40. The lowest BCUT2D eigenvalue weighted by Gasteiger charge is -2.28. The fourth-order valence-electron chi connectivity index (χ4n) is 2.96. The van der Waals surface area contributed by atoms with Crippen molar-refractivity contribution in [2.24, 2.45) is 5.92 Å². The van der Waals surface area contributed by atoms with Crippen molar-refractivity contribution >= 4 is 39.7 Å². The van der Waals surface area contributed by atoms with E-state index in [2.05, 4.69) is 52.0 Å². The molecule has 0 aromatic heterocycles. The molecule has 1 aliphatic rings. The first-order valence-electron chi connectivity index (χ1n) is 7.97. The number of benzene rings is 2. The van der Waals surface area contributed by atoms with Gasteiger partial charge in [0, 0.05) is 26.4 Å². The summed E-state index contributed by atoms with van der Waals surface area (Å²) in [5, 5.41) is 3.37. The minimum Gasteiger partial charge on any atom is -0.356 e. The molecule has 1 N–H and O–H groups in total. The summed E-state index contributed by atoms with van der Waals surface area (Å²) >= 11 is 2.29. The average Bonchev–Trinajstić information content (AvgIpc) is 2.57. The third-order valence-corrected chi connectivity index (χ3v) is 5.09. The molecule has 1 fully saturated rings. The van der Waals surface area contributed by atoms with Crippen molar-refractivity contribution < 1.29 is 4.79 Å². The summed E-state index contributed by atoms with van der Waals surface area (Å²) in [7, 11) is 2.12. The molecule has 23 heavy (non-hydrogen) atoms. The number of hydrogen-bond acceptors (Lipinski definition) is 3. The Morgan fingerprint density at radius 3 is 2.48 bits per heavy atom. The predicted molar refractivity (Wildman–Crippen MR) is 103 cm³/mol. The second kappa shape index (κ2) is 7.45. The summed E-state index contributed by atoms with van der Waals surface area (Å²) in [6, 6.07) is 16.1. The third kappa shape index (κ3) is 4.32. The standard InChI is InChI=1S/C19H21IN2O/c1-22-11-9-14(10-12-22)19(23)15-3-2-4-18(13-15)21-17-7-5-16(20)6-8-17/h2-8,13-14,21H,9-12H2,1H3. The molecule has 0 unspecified atom stereocenters. The Labute approximate surface area is 151 Å². The van der Waals surface area contributed by atoms with Crippen molar-refractivity contribution in [2.75, 3.05) is 25.5 Å². The number of Topliss-reactive ketones (excluding diaryl/α,β-unsaturated/α-hetero) is 1. The molecular weight excluding hydrogens is 399 g/mol. The van der Waals surface area contributed by atoms with Crippen LogP contribution in [0.3, 0.4) is 0 Å². The zero-order valence-corrected chi connectivity index (χ0v) is 15.4. The number of likely N-dealkylation sites (tertiary alicyclic amines) is 1. The molecule has 0 atom stereocenters. The van der Waals surface area contributed by atoms with E-state index in [1.165, 1.54) is 3.57 Å². The number of anilines is 2. The minimum atomic E-state index is 0.166. The van der Waals surface area contributed by atoms with Gasteiger partial charge in [-0.2, -0.15) is 0 Å². The van der Waals surface area contributed by atoms with Gasteiger partial charge in [-0.25, -0.2) is 0 Å². The van der Waals surface area contributed by atoms with E-state index in [9.17, 15) is 4.79 Å². The van der Waals surface area contributed by atoms with E-state index in [4.69, 9.17) is 0 Å². The molecule has 4 heteroatoms. The maximum absolute atomic E-state index is 12.7. The monoisotopic (exact) mass is 420 g/mol. The van der Waals surface area contributed by atoms with Crippen molar-refractivity contribution in [3.63, 3.8) is 0 Å². The van der Waals surface area contributed by atoms with Crippen LogP contribution in [-0.4, -0.2) is 30.8 Å². The highest BCUT2D eigenvalue weighted by molar-refractivity contribution is 14.1. The highest BCUT2D eigenvalue weighted by Crippen LogP contribution is 2.24. The molecule has 2 aromatic rings. The fourth-order valence-corrected chi connectivity index (χ4v) is 3.32. The van der Waals surface area contributed by atoms with Gasteiger partial charge in [0.15, 0.2) is 5.78 Å². The molecule has 3 nitrogen and oxygen atoms in total. The van der Waals surface area contributed by atoms with Crippen LogP contribution in [0.25, 0.3) is 0 Å². The second-order valence-electron chi connectivity index (χ2n) is 6.15. The number of hydrogen-bond donors (Lipinski definition) is 1. The molecule has 3 rings (SSSR count). The molecule has 1 heterocycles. The van der Waals surface area contributed by atoms with Gasteiger partial charge in [0.05, 0.1) is 0 Å². The first-order chi connectivity index (χ1) is 11.1. The Morgan fingerprint density at radius 2 is 1.78 bits per heavy atom. The zero-order valence-electron chi connectivity index (χ0n) is 13.3. The molecule has 120 valence electrons. The SMILES string of the molecule is CN1CCC(C(=O)c2cccc(Nc3ccc(I)cc3)c2)CC1. The summed E-state index contributed by atoms with van der Waals surface area (Å²) in [4.78, 5) is 15.0. The summed E-state index contributed by atoms with van der Waals surface area (Å²) in [5.41, 5.74) is 2.81. The Balaban J connectivity index is 1.71. The minimum absolute atomic E-state index is 0.166. The van der Waals surface area contributed by atoms with Crippen LogP contribution in [0.15, 0.2) is 48.5 Å². The van der Waals surface area contributed by atoms with Gasteiger partial charge in [0.1, 0.15) is 0 Å². The zero-order chi connectivity index (χ0) is 16.2. The van der Waals surface area contributed by atoms with Crippen molar-refractivity contribution in [3.05, 3.63) is 57.7 Å². The molecule has 0 radical (unpaired) electrons. The predicted octanol–water partition coefficient (Wildman–Crippen LogP) is 4.56. The first kappa shape index (κ1) is 16.5. The summed E-state index contributed by atoms with van der Waals surface area (Å²) in [6.07, 6.45) is 1.92. The Kier molecular flexibility index (Phi) is 5.33. The van der Waals surface area contributed by atoms with Gasteiger partial charge in [-0.1, -0.05) is 12.1 Å². The van der Waals surface area contributed by atoms with E-state index in [1.54, 1.807) is 0 Å². The number of piperidine rings is 1. The summed E-state index contributed by atoms with van der Waals surface area (Å²) in [5.74, 6) is 0.448. The van der Waals surface area contributed by atoms with Crippen LogP contribution in [0.5, 0.6) is 0 Å². The van der Waals surface area contributed by atoms with Gasteiger partial charge in [-0.15, -0.1) is 0 Å². The Bertz CT molecular complexity index is 676. The van der Waals surface area contributed by atoms with Gasteiger partial charge in [0.2, 0.25) is 0 Å². The number of nitrogens with one attached hydrogen (secondary N) is 1. The van der Waals surface area contributed by atoms with Crippen LogP contribution in [0.4, 0.5) is 11.4 Å². The normalized spacial score (nSPS) is 16.3. The van der Waals surface area contributed by atoms with E-state index in [-0.39, 0.29) is 11.7 Å². The fraction of sp³-hybridized carbons (Fsp3) is 0.316. The molecule has 0 saturated carbocycles. The smallest absolute Gasteiger partial charge is 0.166 e. The topological polar surface area (TPSA) is 32.3 Å². The molecule has 0 aliphatic carbocycles. The number of carbonyl (C=O) groups is 1. The maximum Gasteiger partial charge on any atom is 0.166 e. The highest BCUT2D eigenvalue weighted by Gasteiger charge is 2.24. The molecule has 2 aromatic carbocycles. The molecule has 0 bridgehead atoms. The summed E-state index contributed by atoms with van der Waals surface area (Å²) < 4.78 is 1.21. The number of nitrogens with zero attached hydrogens (tertiary/aromatic N) is 1. The van der Waals surface area contributed by atoms with E-state index in [0.29, 0.717) is 0 Å². The second-order valence-corrected chi connectivity index (χ2v) is 7.40. The van der Waals surface area contributed by atoms with Gasteiger partial charge >= 0.3 is 0 Å². The van der Waals surface area contributed by atoms with Gasteiger partial charge < -0.3 is 10.2 Å². The Morgan fingerprint density at radius 1 is 1.09 bits per heavy atom. The average molecular weight is 420 g/mol. The van der Waals surface area contributed by atoms with Crippen molar-refractivity contribution in [1.29, 1.82) is 0 Å². The van der Waals surface area contributed by atoms with E-state index in [1.807, 2.05) is 36.4 Å². The van der Waals surface area contributed by atoms with Gasteiger partial charge in [-0.05, 0) is 92.0 Å². The van der Waals surface area contributed by atoms with Crippen LogP contribution >= 0.6 is 22.6 Å². The maximum atomic E-state index is 12.7. The first-order valence-corrected chi connectivity index (χ1v) is 9.05. The van der Waals surface area contributed by atoms with Gasteiger partial charge in [-0.3, -0.25) is 4.79 Å². The quantitative estimate of drug-likeness (QED) is 0.582. The molecule has 0 amide bonds. The largest absolute Gasteiger partial charge is 0.356 e. The molecular formula is C19H21IN2O. The number of carbonyl (C=O) groups excluding carboxylic acids is 1. The number of rotatable bonds is 4. The molecule has 1 aliphatic heterocycles. The van der Waals surface area contributed by atoms with E-state index in [0.717, 1.165) is 42.9 Å². The molecule has 0 spiro atoms. The van der Waals surface area contributed by atoms with Crippen molar-refractivity contribution in [1.82, 2.24) is 4.90 Å². The van der Waals surface area contributed by atoms with Crippen LogP contribution < -0.4 is 5.32 Å². The highest BCUT2D eigenvalue weighted by atomic mass is 127. The van der Waals surface area contributed by atoms with Crippen LogP contribution in [0.1, 0.15) is 23.2 Å². The third-order valence-electron chi connectivity index (χ3n) is 4.37. The number of halogens is 1. The molecule has 1 saturated heterocycles. The van der Waals surface area contributed by atoms with Crippen LogP contribution in [-0.2, 0) is 0 Å². The van der Waals surface area contributed by atoms with Crippen molar-refractivity contribution in [3.8, 4) is 0 Å². The van der Waals surface area contributed by atoms with Crippen molar-refractivity contribution in [2.45, 2.75) is 12.8 Å². The van der Waals surface area contributed by atoms with E-state index < -0.39 is 0 Å². The lowest BCUT2D eigenvalue weighted by molar-refractivity contribution is 0.0857. The lowest BCUT2D eigenvalue weighted by Crippen LogP contribution is -2.33. The van der Waals surface area contributed by atoms with Gasteiger partial charge in [0.25, 0.3) is 0 Å². The van der Waals surface area contributed by atoms with E-state index >= 15 is 0 Å². The van der Waals surface area contributed by atoms with Crippen LogP contribution in [0.2, 0.25) is 0 Å². The number of ketones is 1.